The smallest absolute Gasteiger partial charge is 0.212 e. The van der Waals surface area contributed by atoms with Crippen molar-refractivity contribution in [2.24, 2.45) is 0 Å². The van der Waals surface area contributed by atoms with Crippen LogP contribution in [0.1, 0.15) is 15.9 Å². The van der Waals surface area contributed by atoms with Gasteiger partial charge < -0.3 is 9.47 Å². The minimum atomic E-state index is 0.474. The molecule has 0 saturated carbocycles. The molecule has 0 bridgehead atoms. The van der Waals surface area contributed by atoms with E-state index in [1.807, 2.05) is 42.5 Å². The highest BCUT2D eigenvalue weighted by Crippen LogP contribution is 2.28. The highest BCUT2D eigenvalue weighted by molar-refractivity contribution is 5.88. The Hall–Kier alpha value is -3.14. The maximum Gasteiger partial charge on any atom is 0.212 e. The number of aldehydes is 1. The summed E-state index contributed by atoms with van der Waals surface area (Å²) in [6.45, 7) is 0.474. The van der Waals surface area contributed by atoms with Gasteiger partial charge in [-0.05, 0) is 35.4 Å². The molecule has 0 saturated heterocycles. The number of methoxy groups -OCH3 is 1. The number of pyridine rings is 1. The summed E-state index contributed by atoms with van der Waals surface area (Å²) in [5.41, 5.74) is 3.30. The van der Waals surface area contributed by atoms with Gasteiger partial charge in [0.2, 0.25) is 5.88 Å². The Morgan fingerprint density at radius 2 is 1.88 bits per heavy atom. The van der Waals surface area contributed by atoms with Crippen LogP contribution in [0.3, 0.4) is 0 Å². The first-order valence-electron chi connectivity index (χ1n) is 7.56. The average Bonchev–Trinajstić information content (AvgIpc) is 2.67. The quantitative estimate of drug-likeness (QED) is 0.640. The van der Waals surface area contributed by atoms with Crippen LogP contribution in [0.15, 0.2) is 66.9 Å². The van der Waals surface area contributed by atoms with Gasteiger partial charge in [0.1, 0.15) is 12.4 Å². The molecule has 1 aromatic heterocycles. The predicted octanol–water partition coefficient (Wildman–Crippen LogP) is 4.15. The van der Waals surface area contributed by atoms with Gasteiger partial charge in [0.05, 0.1) is 7.11 Å². The Morgan fingerprint density at radius 1 is 1.04 bits per heavy atom. The van der Waals surface area contributed by atoms with Crippen molar-refractivity contribution in [1.82, 2.24) is 4.98 Å². The van der Waals surface area contributed by atoms with Gasteiger partial charge in [0.15, 0.2) is 6.29 Å². The number of rotatable bonds is 6. The number of nitrogens with zero attached hydrogens (tertiary/aromatic N) is 1. The number of hydrogen-bond donors (Lipinski definition) is 0. The molecule has 0 fully saturated rings. The van der Waals surface area contributed by atoms with Gasteiger partial charge in [-0.2, -0.15) is 0 Å². The Kier molecular flexibility index (Phi) is 4.87. The molecule has 0 N–H and O–H groups in total. The zero-order chi connectivity index (χ0) is 16.8. The van der Waals surface area contributed by atoms with Crippen LogP contribution in [0.25, 0.3) is 11.1 Å². The first-order valence-corrected chi connectivity index (χ1v) is 7.56. The Balaban J connectivity index is 1.85. The third kappa shape index (κ3) is 3.60. The number of carbonyl (C=O) groups excluding carboxylic acids is 1. The summed E-state index contributed by atoms with van der Waals surface area (Å²) in [5, 5.41) is 0. The van der Waals surface area contributed by atoms with E-state index in [1.165, 1.54) is 0 Å². The van der Waals surface area contributed by atoms with Crippen molar-refractivity contribution < 1.29 is 14.3 Å². The number of aromatic nitrogens is 1. The molecular formula is C20H17NO3. The molecule has 3 aromatic rings. The summed E-state index contributed by atoms with van der Waals surface area (Å²) in [6.07, 6.45) is 2.52. The first-order chi connectivity index (χ1) is 11.8. The van der Waals surface area contributed by atoms with E-state index in [0.717, 1.165) is 23.0 Å². The lowest BCUT2D eigenvalue weighted by Gasteiger charge is -2.10. The second-order valence-corrected chi connectivity index (χ2v) is 5.23. The molecule has 0 aliphatic heterocycles. The molecule has 1 heterocycles. The summed E-state index contributed by atoms with van der Waals surface area (Å²) < 4.78 is 10.9. The van der Waals surface area contributed by atoms with Gasteiger partial charge in [0, 0.05) is 23.4 Å². The maximum absolute atomic E-state index is 11.3. The van der Waals surface area contributed by atoms with Crippen LogP contribution in [-0.4, -0.2) is 18.4 Å². The van der Waals surface area contributed by atoms with Crippen LogP contribution in [0.4, 0.5) is 0 Å². The molecule has 0 aliphatic carbocycles. The number of ether oxygens (including phenoxy) is 2. The molecule has 0 atom stereocenters. The highest BCUT2D eigenvalue weighted by Gasteiger charge is 2.08. The van der Waals surface area contributed by atoms with E-state index < -0.39 is 0 Å². The van der Waals surface area contributed by atoms with E-state index in [2.05, 4.69) is 4.98 Å². The predicted molar refractivity (Wildman–Crippen MR) is 92.4 cm³/mol. The SMILES string of the molecule is COc1ccc(-c2cc(OCc3ccccc3)ccc2C=O)cn1. The van der Waals surface area contributed by atoms with E-state index in [0.29, 0.717) is 23.8 Å². The average molecular weight is 319 g/mol. The fourth-order valence-corrected chi connectivity index (χ4v) is 2.38. The van der Waals surface area contributed by atoms with Crippen molar-refractivity contribution in [1.29, 1.82) is 0 Å². The molecule has 3 rings (SSSR count). The zero-order valence-corrected chi connectivity index (χ0v) is 13.3. The van der Waals surface area contributed by atoms with E-state index in [4.69, 9.17) is 9.47 Å². The minimum absolute atomic E-state index is 0.474. The van der Waals surface area contributed by atoms with Crippen LogP contribution in [0, 0.1) is 0 Å². The molecule has 0 unspecified atom stereocenters. The Morgan fingerprint density at radius 3 is 2.54 bits per heavy atom. The maximum atomic E-state index is 11.3. The van der Waals surface area contributed by atoms with Crippen molar-refractivity contribution in [3.8, 4) is 22.8 Å². The second-order valence-electron chi connectivity index (χ2n) is 5.23. The van der Waals surface area contributed by atoms with Crippen LogP contribution >= 0.6 is 0 Å². The molecule has 4 nitrogen and oxygen atoms in total. The molecule has 0 amide bonds. The van der Waals surface area contributed by atoms with Gasteiger partial charge in [-0.1, -0.05) is 30.3 Å². The zero-order valence-electron chi connectivity index (χ0n) is 13.3. The molecule has 0 spiro atoms. The lowest BCUT2D eigenvalue weighted by molar-refractivity contribution is 0.112. The van der Waals surface area contributed by atoms with Crippen LogP contribution in [-0.2, 0) is 6.61 Å². The van der Waals surface area contributed by atoms with Gasteiger partial charge >= 0.3 is 0 Å². The van der Waals surface area contributed by atoms with E-state index in [-0.39, 0.29) is 0 Å². The molecule has 0 radical (unpaired) electrons. The molecular weight excluding hydrogens is 302 g/mol. The van der Waals surface area contributed by atoms with Crippen molar-refractivity contribution in [2.75, 3.05) is 7.11 Å². The van der Waals surface area contributed by atoms with E-state index in [1.54, 1.807) is 31.5 Å². The monoisotopic (exact) mass is 319 g/mol. The van der Waals surface area contributed by atoms with Crippen molar-refractivity contribution >= 4 is 6.29 Å². The van der Waals surface area contributed by atoms with Crippen LogP contribution in [0.2, 0.25) is 0 Å². The van der Waals surface area contributed by atoms with Crippen molar-refractivity contribution in [2.45, 2.75) is 6.61 Å². The third-order valence-corrected chi connectivity index (χ3v) is 3.66. The third-order valence-electron chi connectivity index (χ3n) is 3.66. The summed E-state index contributed by atoms with van der Waals surface area (Å²) in [4.78, 5) is 15.5. The number of carbonyl (C=O) groups is 1. The molecule has 120 valence electrons. The minimum Gasteiger partial charge on any atom is -0.489 e. The van der Waals surface area contributed by atoms with Crippen molar-refractivity contribution in [3.05, 3.63) is 78.0 Å². The molecule has 2 aromatic carbocycles. The summed E-state index contributed by atoms with van der Waals surface area (Å²) >= 11 is 0. The van der Waals surface area contributed by atoms with Crippen molar-refractivity contribution in [3.63, 3.8) is 0 Å². The van der Waals surface area contributed by atoms with Gasteiger partial charge in [0.25, 0.3) is 0 Å². The van der Waals surface area contributed by atoms with Crippen LogP contribution in [0.5, 0.6) is 11.6 Å². The van der Waals surface area contributed by atoms with Gasteiger partial charge in [-0.25, -0.2) is 4.98 Å². The van der Waals surface area contributed by atoms with Crippen LogP contribution < -0.4 is 9.47 Å². The molecule has 0 aliphatic rings. The standard InChI is InChI=1S/C20H17NO3/c1-23-20-10-8-16(12-21-20)19-11-18(9-7-17(19)13-22)24-14-15-5-3-2-4-6-15/h2-13H,14H2,1H3. The lowest BCUT2D eigenvalue weighted by atomic mass is 10.0. The topological polar surface area (TPSA) is 48.4 Å². The number of benzene rings is 2. The fraction of sp³-hybridized carbons (Fsp3) is 0.100. The largest absolute Gasteiger partial charge is 0.489 e. The molecule has 24 heavy (non-hydrogen) atoms. The highest BCUT2D eigenvalue weighted by atomic mass is 16.5. The summed E-state index contributed by atoms with van der Waals surface area (Å²) in [7, 11) is 1.57. The Labute approximate surface area is 140 Å². The fourth-order valence-electron chi connectivity index (χ4n) is 2.38. The van der Waals surface area contributed by atoms with Gasteiger partial charge in [-0.3, -0.25) is 4.79 Å². The lowest BCUT2D eigenvalue weighted by Crippen LogP contribution is -1.97. The summed E-state index contributed by atoms with van der Waals surface area (Å²) in [5.74, 6) is 1.23. The normalized spacial score (nSPS) is 10.2. The molecule has 4 heteroatoms. The number of hydrogen-bond acceptors (Lipinski definition) is 4. The van der Waals surface area contributed by atoms with E-state index in [9.17, 15) is 4.79 Å². The Bertz CT molecular complexity index is 814. The first kappa shape index (κ1) is 15.7. The second kappa shape index (κ2) is 7.42. The van der Waals surface area contributed by atoms with E-state index >= 15 is 0 Å². The van der Waals surface area contributed by atoms with Gasteiger partial charge in [-0.15, -0.1) is 0 Å². The summed E-state index contributed by atoms with van der Waals surface area (Å²) in [6, 6.07) is 19.0.